The minimum atomic E-state index is -1.66. The summed E-state index contributed by atoms with van der Waals surface area (Å²) in [6.45, 7) is 13.7. The summed E-state index contributed by atoms with van der Waals surface area (Å²) in [6.07, 6.45) is 6.00. The Morgan fingerprint density at radius 3 is 2.35 bits per heavy atom. The van der Waals surface area contributed by atoms with Crippen molar-refractivity contribution < 1.29 is 9.53 Å². The Kier molecular flexibility index (Phi) is 5.00. The largest absolute Gasteiger partial charge is 0.413 e. The molecule has 1 aliphatic heterocycles. The fourth-order valence-electron chi connectivity index (χ4n) is 3.26. The van der Waals surface area contributed by atoms with Crippen LogP contribution in [0.2, 0.25) is 18.1 Å². The van der Waals surface area contributed by atoms with Crippen LogP contribution in [-0.4, -0.2) is 49.7 Å². The maximum absolute atomic E-state index is 10.2. The van der Waals surface area contributed by atoms with E-state index < -0.39 is 8.32 Å². The Labute approximate surface area is 125 Å². The van der Waals surface area contributed by atoms with Crippen LogP contribution < -0.4 is 0 Å². The maximum atomic E-state index is 10.2. The van der Waals surface area contributed by atoms with E-state index in [1.165, 1.54) is 12.8 Å². The summed E-state index contributed by atoms with van der Waals surface area (Å²) in [5, 5.41) is 10.5. The van der Waals surface area contributed by atoms with Crippen LogP contribution in [0.4, 0.5) is 0 Å². The van der Waals surface area contributed by atoms with E-state index in [4.69, 9.17) is 4.43 Å². The lowest BCUT2D eigenvalue weighted by Gasteiger charge is -2.39. The van der Waals surface area contributed by atoms with Crippen LogP contribution >= 0.6 is 0 Å². The fourth-order valence-corrected chi connectivity index (χ4v) is 4.64. The van der Waals surface area contributed by atoms with Gasteiger partial charge in [-0.2, -0.15) is 0 Å². The highest BCUT2D eigenvalue weighted by Gasteiger charge is 2.41. The lowest BCUT2D eigenvalue weighted by atomic mass is 9.91. The minimum absolute atomic E-state index is 0.115. The summed E-state index contributed by atoms with van der Waals surface area (Å²) in [5.41, 5.74) is 0. The van der Waals surface area contributed by atoms with Gasteiger partial charge in [0.1, 0.15) is 0 Å². The second-order valence-corrected chi connectivity index (χ2v) is 13.0. The van der Waals surface area contributed by atoms with Gasteiger partial charge >= 0.3 is 0 Å². The quantitative estimate of drug-likeness (QED) is 0.811. The predicted octanol–water partition coefficient (Wildman–Crippen LogP) is 3.39. The van der Waals surface area contributed by atoms with Gasteiger partial charge in [-0.05, 0) is 37.4 Å². The molecule has 4 heteroatoms. The number of likely N-dealkylation sites (tertiary alicyclic amines) is 1. The predicted molar refractivity (Wildman–Crippen MR) is 86.5 cm³/mol. The third-order valence-electron chi connectivity index (χ3n) is 5.61. The van der Waals surface area contributed by atoms with Crippen LogP contribution in [0.15, 0.2) is 0 Å². The number of rotatable bonds is 3. The van der Waals surface area contributed by atoms with Gasteiger partial charge in [0.25, 0.3) is 0 Å². The molecule has 2 rings (SSSR count). The zero-order valence-electron chi connectivity index (χ0n) is 14.0. The van der Waals surface area contributed by atoms with Gasteiger partial charge in [0.05, 0.1) is 12.2 Å². The maximum Gasteiger partial charge on any atom is 0.192 e. The van der Waals surface area contributed by atoms with E-state index in [1.807, 2.05) is 0 Å². The standard InChI is InChI=1S/C16H33NO2Si/c1-16(2,3)20(4,5)19-13-10-11-17(12-13)14-8-6-7-9-15(14)18/h13-15,18H,6-12H2,1-5H3/t13-,14?,15-/m0/s1. The van der Waals surface area contributed by atoms with Crippen LogP contribution in [0.5, 0.6) is 0 Å². The second kappa shape index (κ2) is 6.07. The van der Waals surface area contributed by atoms with Crippen molar-refractivity contribution in [3.05, 3.63) is 0 Å². The summed E-state index contributed by atoms with van der Waals surface area (Å²) >= 11 is 0. The summed E-state index contributed by atoms with van der Waals surface area (Å²) in [6, 6.07) is 0.386. The molecule has 2 aliphatic rings. The molecule has 1 saturated carbocycles. The van der Waals surface area contributed by atoms with Gasteiger partial charge in [0, 0.05) is 19.1 Å². The molecule has 0 aromatic rings. The van der Waals surface area contributed by atoms with E-state index in [0.717, 1.165) is 32.4 Å². The molecule has 2 fully saturated rings. The Bertz CT molecular complexity index is 327. The van der Waals surface area contributed by atoms with E-state index in [1.54, 1.807) is 0 Å². The highest BCUT2D eigenvalue weighted by atomic mass is 28.4. The molecule has 0 aromatic carbocycles. The molecule has 1 aliphatic carbocycles. The Balaban J connectivity index is 1.89. The lowest BCUT2D eigenvalue weighted by molar-refractivity contribution is 0.0259. The van der Waals surface area contributed by atoms with Crippen LogP contribution in [0.1, 0.15) is 52.9 Å². The van der Waals surface area contributed by atoms with Gasteiger partial charge in [-0.15, -0.1) is 0 Å². The number of hydrogen-bond acceptors (Lipinski definition) is 3. The van der Waals surface area contributed by atoms with Gasteiger partial charge in [-0.3, -0.25) is 4.90 Å². The van der Waals surface area contributed by atoms with Crippen LogP contribution in [-0.2, 0) is 4.43 Å². The van der Waals surface area contributed by atoms with Crippen molar-refractivity contribution >= 4 is 8.32 Å². The number of aliphatic hydroxyl groups excluding tert-OH is 1. The van der Waals surface area contributed by atoms with Crippen molar-refractivity contribution in [2.45, 2.75) is 89.3 Å². The minimum Gasteiger partial charge on any atom is -0.413 e. The van der Waals surface area contributed by atoms with Gasteiger partial charge in [0.15, 0.2) is 8.32 Å². The number of nitrogens with zero attached hydrogens (tertiary/aromatic N) is 1. The van der Waals surface area contributed by atoms with Crippen LogP contribution in [0.3, 0.4) is 0 Å². The smallest absolute Gasteiger partial charge is 0.192 e. The Hall–Kier alpha value is 0.0969. The van der Waals surface area contributed by atoms with E-state index in [0.29, 0.717) is 12.1 Å². The summed E-state index contributed by atoms with van der Waals surface area (Å²) in [4.78, 5) is 2.49. The third-order valence-corrected chi connectivity index (χ3v) is 10.1. The van der Waals surface area contributed by atoms with E-state index in [2.05, 4.69) is 38.8 Å². The molecule has 0 radical (unpaired) electrons. The van der Waals surface area contributed by atoms with Crippen molar-refractivity contribution in [1.82, 2.24) is 4.90 Å². The lowest BCUT2D eigenvalue weighted by Crippen LogP contribution is -2.47. The summed E-state index contributed by atoms with van der Waals surface area (Å²) in [7, 11) is -1.66. The van der Waals surface area contributed by atoms with E-state index >= 15 is 0 Å². The van der Waals surface area contributed by atoms with Crippen LogP contribution in [0.25, 0.3) is 0 Å². The zero-order chi connectivity index (χ0) is 15.0. The average Bonchev–Trinajstić information content (AvgIpc) is 2.75. The first-order chi connectivity index (χ1) is 9.21. The summed E-state index contributed by atoms with van der Waals surface area (Å²) in [5.74, 6) is 0. The number of aliphatic hydroxyl groups is 1. The van der Waals surface area contributed by atoms with Gasteiger partial charge < -0.3 is 9.53 Å². The van der Waals surface area contributed by atoms with Crippen molar-refractivity contribution in [2.24, 2.45) is 0 Å². The first-order valence-electron chi connectivity index (χ1n) is 8.31. The molecule has 0 spiro atoms. The van der Waals surface area contributed by atoms with Crippen molar-refractivity contribution in [2.75, 3.05) is 13.1 Å². The molecule has 0 aromatic heterocycles. The molecule has 118 valence electrons. The summed E-state index contributed by atoms with van der Waals surface area (Å²) < 4.78 is 6.54. The van der Waals surface area contributed by atoms with Gasteiger partial charge in [-0.1, -0.05) is 33.6 Å². The van der Waals surface area contributed by atoms with Crippen molar-refractivity contribution in [3.63, 3.8) is 0 Å². The SMILES string of the molecule is CC(C)(C)[Si](C)(C)O[C@H]1CCN(C2CCCC[C@@H]2O)C1. The fraction of sp³-hybridized carbons (Fsp3) is 1.00. The normalized spacial score (nSPS) is 33.6. The third kappa shape index (κ3) is 3.64. The van der Waals surface area contributed by atoms with Crippen molar-refractivity contribution in [3.8, 4) is 0 Å². The van der Waals surface area contributed by atoms with Crippen LogP contribution in [0, 0.1) is 0 Å². The molecule has 1 unspecified atom stereocenters. The molecular formula is C16H33NO2Si. The molecule has 0 bridgehead atoms. The second-order valence-electron chi connectivity index (χ2n) is 8.20. The van der Waals surface area contributed by atoms with E-state index in [9.17, 15) is 5.11 Å². The average molecular weight is 300 g/mol. The Morgan fingerprint density at radius 2 is 1.75 bits per heavy atom. The Morgan fingerprint density at radius 1 is 1.10 bits per heavy atom. The molecular weight excluding hydrogens is 266 g/mol. The zero-order valence-corrected chi connectivity index (χ0v) is 15.0. The molecule has 3 atom stereocenters. The van der Waals surface area contributed by atoms with Gasteiger partial charge in [-0.25, -0.2) is 0 Å². The number of hydrogen-bond donors (Lipinski definition) is 1. The molecule has 1 saturated heterocycles. The van der Waals surface area contributed by atoms with E-state index in [-0.39, 0.29) is 11.1 Å². The molecule has 0 amide bonds. The molecule has 3 nitrogen and oxygen atoms in total. The molecule has 1 heterocycles. The van der Waals surface area contributed by atoms with Crippen molar-refractivity contribution in [1.29, 1.82) is 0 Å². The topological polar surface area (TPSA) is 32.7 Å². The first-order valence-corrected chi connectivity index (χ1v) is 11.2. The monoisotopic (exact) mass is 299 g/mol. The molecule has 20 heavy (non-hydrogen) atoms. The first kappa shape index (κ1) is 16.5. The van der Waals surface area contributed by atoms with Gasteiger partial charge in [0.2, 0.25) is 0 Å². The highest BCUT2D eigenvalue weighted by Crippen LogP contribution is 2.38. The molecule has 1 N–H and O–H groups in total. The highest BCUT2D eigenvalue weighted by molar-refractivity contribution is 6.74.